The summed E-state index contributed by atoms with van der Waals surface area (Å²) >= 11 is 0. The Balaban J connectivity index is 1.34. The van der Waals surface area contributed by atoms with Gasteiger partial charge in [0.05, 0.1) is 20.3 Å². The fourth-order valence-corrected chi connectivity index (χ4v) is 5.98. The van der Waals surface area contributed by atoms with E-state index in [-0.39, 0.29) is 24.6 Å². The molecule has 0 aliphatic carbocycles. The first-order valence-corrected chi connectivity index (χ1v) is 16.3. The maximum Gasteiger partial charge on any atom is 0.410 e. The number of ether oxygens (including phenoxy) is 4. The Labute approximate surface area is 281 Å². The number of piperazine rings is 1. The second kappa shape index (κ2) is 15.2. The Morgan fingerprint density at radius 1 is 0.896 bits per heavy atom. The van der Waals surface area contributed by atoms with Crippen molar-refractivity contribution in [1.82, 2.24) is 14.8 Å². The number of alkyl carbamates (subject to hydrolysis) is 1. The van der Waals surface area contributed by atoms with Crippen LogP contribution >= 0.6 is 0 Å². The fourth-order valence-electron chi connectivity index (χ4n) is 5.98. The number of amides is 2. The SMILES string of the molecule is COc1ccc([C@@H](CCCNC(=O)OCc2ccccc2)n2cc3c(N4CCN(C(=O)OC(C)(C)C)CC4)cccc3c2O)cc1OC. The van der Waals surface area contributed by atoms with Crippen molar-refractivity contribution in [2.45, 2.75) is 51.9 Å². The van der Waals surface area contributed by atoms with Gasteiger partial charge in [0.15, 0.2) is 17.4 Å². The summed E-state index contributed by atoms with van der Waals surface area (Å²) in [4.78, 5) is 29.0. The van der Waals surface area contributed by atoms with Gasteiger partial charge < -0.3 is 43.7 Å². The van der Waals surface area contributed by atoms with Crippen LogP contribution < -0.4 is 19.7 Å². The summed E-state index contributed by atoms with van der Waals surface area (Å²) in [6.45, 7) is 8.53. The third-order valence-electron chi connectivity index (χ3n) is 8.37. The average Bonchev–Trinajstić information content (AvgIpc) is 3.42. The minimum Gasteiger partial charge on any atom is -0.494 e. The monoisotopic (exact) mass is 658 g/mol. The van der Waals surface area contributed by atoms with Crippen LogP contribution in [-0.2, 0) is 16.1 Å². The third kappa shape index (κ3) is 8.26. The number of aromatic hydroxyl groups is 1. The summed E-state index contributed by atoms with van der Waals surface area (Å²) < 4.78 is 23.9. The van der Waals surface area contributed by atoms with E-state index in [4.69, 9.17) is 18.9 Å². The predicted molar refractivity (Wildman–Crippen MR) is 185 cm³/mol. The number of aromatic nitrogens is 1. The van der Waals surface area contributed by atoms with Crippen molar-refractivity contribution in [3.63, 3.8) is 0 Å². The van der Waals surface area contributed by atoms with Crippen molar-refractivity contribution in [3.8, 4) is 17.4 Å². The normalized spacial score (nSPS) is 14.0. The zero-order valence-corrected chi connectivity index (χ0v) is 28.4. The topological polar surface area (TPSA) is 115 Å². The van der Waals surface area contributed by atoms with Gasteiger partial charge in [-0.05, 0) is 69.0 Å². The number of benzene rings is 3. The zero-order valence-electron chi connectivity index (χ0n) is 28.4. The summed E-state index contributed by atoms with van der Waals surface area (Å²) in [7, 11) is 3.19. The van der Waals surface area contributed by atoms with Gasteiger partial charge in [0.25, 0.3) is 0 Å². The standard InChI is InChI=1S/C37H46N4O7/c1-37(2,3)48-36(44)40-21-19-39(20-22-40)31-14-9-13-28-29(31)24-41(34(28)42)30(27-16-17-32(45-4)33(23-27)46-5)15-10-18-38-35(43)47-25-26-11-7-6-8-12-26/h6-9,11-14,16-17,23-24,30,42H,10,15,18-22,25H2,1-5H3,(H,38,43)/t30-/m1/s1. The van der Waals surface area contributed by atoms with Crippen LogP contribution in [0, 0.1) is 0 Å². The van der Waals surface area contributed by atoms with Crippen LogP contribution in [0.15, 0.2) is 72.9 Å². The van der Waals surface area contributed by atoms with Gasteiger partial charge in [-0.3, -0.25) is 0 Å². The molecule has 1 aliphatic rings. The lowest BCUT2D eigenvalue weighted by Crippen LogP contribution is -2.50. The highest BCUT2D eigenvalue weighted by atomic mass is 16.6. The molecule has 2 N–H and O–H groups in total. The molecule has 0 unspecified atom stereocenters. The van der Waals surface area contributed by atoms with E-state index in [1.54, 1.807) is 19.1 Å². The highest BCUT2D eigenvalue weighted by Gasteiger charge is 2.28. The number of nitrogens with zero attached hydrogens (tertiary/aromatic N) is 3. The van der Waals surface area contributed by atoms with Gasteiger partial charge >= 0.3 is 12.2 Å². The molecule has 1 fully saturated rings. The van der Waals surface area contributed by atoms with Gasteiger partial charge in [0, 0.05) is 55.4 Å². The van der Waals surface area contributed by atoms with Crippen molar-refractivity contribution in [3.05, 3.63) is 84.1 Å². The molecule has 11 heteroatoms. The zero-order chi connectivity index (χ0) is 34.3. The summed E-state index contributed by atoms with van der Waals surface area (Å²) in [6.07, 6.45) is 2.43. The fraction of sp³-hybridized carbons (Fsp3) is 0.405. The molecule has 2 heterocycles. The van der Waals surface area contributed by atoms with Gasteiger partial charge in [-0.1, -0.05) is 42.5 Å². The van der Waals surface area contributed by atoms with Crippen LogP contribution in [0.25, 0.3) is 10.8 Å². The second-order valence-electron chi connectivity index (χ2n) is 12.8. The number of anilines is 1. The molecule has 2 amide bonds. The first kappa shape index (κ1) is 34.3. The Hall–Kier alpha value is -5.06. The number of carbonyl (C=O) groups is 2. The molecule has 0 radical (unpaired) electrons. The van der Waals surface area contributed by atoms with Crippen LogP contribution in [0.3, 0.4) is 0 Å². The molecule has 1 aromatic heterocycles. The first-order chi connectivity index (χ1) is 23.1. The Kier molecular flexibility index (Phi) is 10.9. The van der Waals surface area contributed by atoms with E-state index < -0.39 is 11.7 Å². The van der Waals surface area contributed by atoms with Gasteiger partial charge in [0.2, 0.25) is 0 Å². The molecule has 256 valence electrons. The van der Waals surface area contributed by atoms with E-state index in [1.165, 1.54) is 0 Å². The minimum atomic E-state index is -0.549. The van der Waals surface area contributed by atoms with Crippen LogP contribution in [0.2, 0.25) is 0 Å². The molecule has 3 aromatic carbocycles. The van der Waals surface area contributed by atoms with Gasteiger partial charge in [-0.2, -0.15) is 0 Å². The van der Waals surface area contributed by atoms with Gasteiger partial charge in [-0.15, -0.1) is 0 Å². The summed E-state index contributed by atoms with van der Waals surface area (Å²) in [5, 5.41) is 16.1. The quantitative estimate of drug-likeness (QED) is 0.171. The van der Waals surface area contributed by atoms with Crippen LogP contribution in [0.5, 0.6) is 17.4 Å². The van der Waals surface area contributed by atoms with E-state index in [9.17, 15) is 14.7 Å². The lowest BCUT2D eigenvalue weighted by molar-refractivity contribution is 0.0240. The Morgan fingerprint density at radius 2 is 1.62 bits per heavy atom. The van der Waals surface area contributed by atoms with Gasteiger partial charge in [0.1, 0.15) is 12.2 Å². The van der Waals surface area contributed by atoms with Crippen LogP contribution in [0.1, 0.15) is 50.8 Å². The molecule has 1 saturated heterocycles. The highest BCUT2D eigenvalue weighted by molar-refractivity contribution is 5.98. The predicted octanol–water partition coefficient (Wildman–Crippen LogP) is 6.72. The summed E-state index contributed by atoms with van der Waals surface area (Å²) in [5.41, 5.74) is 2.27. The number of fused-ring (bicyclic) bond motifs is 1. The number of carbonyl (C=O) groups excluding carboxylic acids is 2. The van der Waals surface area contributed by atoms with Crippen molar-refractivity contribution < 1.29 is 33.6 Å². The van der Waals surface area contributed by atoms with Crippen molar-refractivity contribution >= 4 is 28.6 Å². The van der Waals surface area contributed by atoms with E-state index in [0.717, 1.165) is 27.6 Å². The largest absolute Gasteiger partial charge is 0.494 e. The van der Waals surface area contributed by atoms with E-state index in [0.29, 0.717) is 57.1 Å². The maximum atomic E-state index is 12.7. The van der Waals surface area contributed by atoms with Crippen molar-refractivity contribution in [2.24, 2.45) is 0 Å². The Bertz CT molecular complexity index is 1690. The molecule has 0 saturated carbocycles. The number of methoxy groups -OCH3 is 2. The summed E-state index contributed by atoms with van der Waals surface area (Å²) in [6, 6.07) is 20.9. The number of nitrogens with one attached hydrogen (secondary N) is 1. The lowest BCUT2D eigenvalue weighted by atomic mass is 10.0. The van der Waals surface area contributed by atoms with Crippen molar-refractivity contribution in [1.29, 1.82) is 0 Å². The molecule has 48 heavy (non-hydrogen) atoms. The van der Waals surface area contributed by atoms with Crippen molar-refractivity contribution in [2.75, 3.05) is 51.8 Å². The second-order valence-corrected chi connectivity index (χ2v) is 12.8. The van der Waals surface area contributed by atoms with E-state index >= 15 is 0 Å². The molecule has 4 aromatic rings. The first-order valence-electron chi connectivity index (χ1n) is 16.3. The number of hydrogen-bond donors (Lipinski definition) is 2. The molecular weight excluding hydrogens is 612 g/mol. The number of hydrogen-bond acceptors (Lipinski definition) is 8. The van der Waals surface area contributed by atoms with E-state index in [1.807, 2.05) is 98.3 Å². The molecule has 1 atom stereocenters. The number of rotatable bonds is 11. The molecular formula is C37H46N4O7. The minimum absolute atomic E-state index is 0.147. The molecule has 0 spiro atoms. The molecule has 1 aliphatic heterocycles. The maximum absolute atomic E-state index is 12.7. The highest BCUT2D eigenvalue weighted by Crippen LogP contribution is 2.40. The van der Waals surface area contributed by atoms with E-state index in [2.05, 4.69) is 10.2 Å². The molecule has 0 bridgehead atoms. The third-order valence-corrected chi connectivity index (χ3v) is 8.37. The molecule has 11 nitrogen and oxygen atoms in total. The molecule has 5 rings (SSSR count). The van der Waals surface area contributed by atoms with Crippen LogP contribution in [0.4, 0.5) is 15.3 Å². The van der Waals surface area contributed by atoms with Crippen LogP contribution in [-0.4, -0.2) is 79.3 Å². The summed E-state index contributed by atoms with van der Waals surface area (Å²) in [5.74, 6) is 1.34. The van der Waals surface area contributed by atoms with Gasteiger partial charge in [-0.25, -0.2) is 9.59 Å². The smallest absolute Gasteiger partial charge is 0.410 e. The lowest BCUT2D eigenvalue weighted by Gasteiger charge is -2.37. The average molecular weight is 659 g/mol. The Morgan fingerprint density at radius 3 is 2.31 bits per heavy atom.